The lowest BCUT2D eigenvalue weighted by atomic mass is 10.1. The van der Waals surface area contributed by atoms with Crippen LogP contribution in [0.3, 0.4) is 0 Å². The van der Waals surface area contributed by atoms with E-state index in [-0.39, 0.29) is 33.4 Å². The number of aryl methyl sites for hydroxylation is 1. The van der Waals surface area contributed by atoms with Gasteiger partial charge in [-0.2, -0.15) is 0 Å². The Labute approximate surface area is 208 Å². The van der Waals surface area contributed by atoms with Gasteiger partial charge in [0.25, 0.3) is 23.4 Å². The van der Waals surface area contributed by atoms with E-state index in [1.807, 2.05) is 13.0 Å². The van der Waals surface area contributed by atoms with Crippen molar-refractivity contribution in [1.29, 1.82) is 0 Å². The van der Waals surface area contributed by atoms with Gasteiger partial charge in [0.05, 0.1) is 21.1 Å². The second-order valence-electron chi connectivity index (χ2n) is 7.98. The molecular weight excluding hydrogens is 490 g/mol. The SMILES string of the molecule is Cc1cccc(N(CN2C(=O)c3ccccc3C2=O)C(=O)c2sc3cc([N+](=O)[O-])ccc3c2Cl)c1. The van der Waals surface area contributed by atoms with E-state index in [0.717, 1.165) is 21.8 Å². The zero-order chi connectivity index (χ0) is 24.9. The van der Waals surface area contributed by atoms with Gasteiger partial charge in [0.1, 0.15) is 11.5 Å². The Morgan fingerprint density at radius 1 is 1.03 bits per heavy atom. The van der Waals surface area contributed by atoms with Crippen LogP contribution < -0.4 is 4.90 Å². The van der Waals surface area contributed by atoms with E-state index in [9.17, 15) is 24.5 Å². The first-order valence-electron chi connectivity index (χ1n) is 10.5. The average Bonchev–Trinajstić information content (AvgIpc) is 3.30. The molecular formula is C25H16ClN3O5S. The molecule has 4 aromatic rings. The number of fused-ring (bicyclic) bond motifs is 2. The van der Waals surface area contributed by atoms with E-state index in [2.05, 4.69) is 0 Å². The molecule has 0 radical (unpaired) electrons. The number of benzene rings is 3. The third kappa shape index (κ3) is 3.84. The molecule has 2 heterocycles. The first kappa shape index (κ1) is 22.7. The lowest BCUT2D eigenvalue weighted by Gasteiger charge is -2.27. The van der Waals surface area contributed by atoms with Crippen molar-refractivity contribution in [3.8, 4) is 0 Å². The number of carbonyl (C=O) groups excluding carboxylic acids is 3. The number of non-ortho nitro benzene ring substituents is 1. The number of halogens is 1. The first-order valence-corrected chi connectivity index (χ1v) is 11.7. The van der Waals surface area contributed by atoms with Gasteiger partial charge in [-0.05, 0) is 42.8 Å². The molecule has 0 spiro atoms. The number of nitrogens with zero attached hydrogens (tertiary/aromatic N) is 3. The van der Waals surface area contributed by atoms with E-state index in [0.29, 0.717) is 15.8 Å². The van der Waals surface area contributed by atoms with Crippen LogP contribution in [0.5, 0.6) is 0 Å². The van der Waals surface area contributed by atoms with Gasteiger partial charge >= 0.3 is 0 Å². The summed E-state index contributed by atoms with van der Waals surface area (Å²) in [4.78, 5) is 52.9. The molecule has 0 aliphatic carbocycles. The van der Waals surface area contributed by atoms with E-state index < -0.39 is 22.6 Å². The molecule has 0 N–H and O–H groups in total. The molecule has 10 heteroatoms. The number of thiophene rings is 1. The molecule has 0 unspecified atom stereocenters. The number of carbonyl (C=O) groups is 3. The normalized spacial score (nSPS) is 12.8. The van der Waals surface area contributed by atoms with E-state index in [1.165, 1.54) is 23.1 Å². The van der Waals surface area contributed by atoms with Crippen LogP contribution in [0.25, 0.3) is 10.1 Å². The quantitative estimate of drug-likeness (QED) is 0.197. The van der Waals surface area contributed by atoms with E-state index >= 15 is 0 Å². The number of imide groups is 1. The lowest BCUT2D eigenvalue weighted by Crippen LogP contribution is -2.44. The molecule has 1 aliphatic rings. The largest absolute Gasteiger partial charge is 0.289 e. The molecule has 0 saturated carbocycles. The molecule has 0 saturated heterocycles. The van der Waals surface area contributed by atoms with Crippen LogP contribution >= 0.6 is 22.9 Å². The number of amides is 3. The van der Waals surface area contributed by atoms with E-state index in [4.69, 9.17) is 11.6 Å². The van der Waals surface area contributed by atoms with Crippen LogP contribution in [-0.2, 0) is 0 Å². The number of anilines is 1. The highest BCUT2D eigenvalue weighted by Crippen LogP contribution is 2.39. The number of nitro benzene ring substituents is 1. The zero-order valence-electron chi connectivity index (χ0n) is 18.2. The number of hydrogen-bond acceptors (Lipinski definition) is 6. The van der Waals surface area contributed by atoms with Crippen molar-refractivity contribution in [3.63, 3.8) is 0 Å². The summed E-state index contributed by atoms with van der Waals surface area (Å²) in [7, 11) is 0. The number of rotatable bonds is 5. The van der Waals surface area contributed by atoms with Crippen molar-refractivity contribution < 1.29 is 19.3 Å². The minimum absolute atomic E-state index is 0.115. The van der Waals surface area contributed by atoms with Crippen LogP contribution in [0.2, 0.25) is 5.02 Å². The standard InChI is InChI=1S/C25H16ClN3O5S/c1-14-5-4-6-15(11-14)27(13-28-23(30)17-7-2-3-8-18(17)24(28)31)25(32)22-21(26)19-10-9-16(29(33)34)12-20(19)35-22/h2-12H,13H2,1H3. The van der Waals surface area contributed by atoms with Gasteiger partial charge in [-0.25, -0.2) is 0 Å². The van der Waals surface area contributed by atoms with Crippen molar-refractivity contribution in [3.05, 3.63) is 103 Å². The fourth-order valence-corrected chi connectivity index (χ4v) is 5.49. The van der Waals surface area contributed by atoms with Gasteiger partial charge in [-0.15, -0.1) is 11.3 Å². The van der Waals surface area contributed by atoms with Gasteiger partial charge in [0.2, 0.25) is 0 Å². The Hall–Kier alpha value is -4.08. The summed E-state index contributed by atoms with van der Waals surface area (Å²) in [5, 5.41) is 11.8. The van der Waals surface area contributed by atoms with Gasteiger partial charge in [0, 0.05) is 27.9 Å². The zero-order valence-corrected chi connectivity index (χ0v) is 19.8. The highest BCUT2D eigenvalue weighted by atomic mass is 35.5. The molecule has 8 nitrogen and oxygen atoms in total. The molecule has 3 aromatic carbocycles. The Morgan fingerprint density at radius 3 is 2.34 bits per heavy atom. The van der Waals surface area contributed by atoms with Crippen molar-refractivity contribution >= 4 is 62.1 Å². The van der Waals surface area contributed by atoms with Gasteiger partial charge in [-0.1, -0.05) is 35.9 Å². The predicted molar refractivity (Wildman–Crippen MR) is 133 cm³/mol. The fraction of sp³-hybridized carbons (Fsp3) is 0.0800. The van der Waals surface area contributed by atoms with Gasteiger partial charge < -0.3 is 0 Å². The molecule has 35 heavy (non-hydrogen) atoms. The van der Waals surface area contributed by atoms with Crippen molar-refractivity contribution in [2.24, 2.45) is 0 Å². The summed E-state index contributed by atoms with van der Waals surface area (Å²) in [6, 6.07) is 17.8. The number of hydrogen-bond donors (Lipinski definition) is 0. The molecule has 0 fully saturated rings. The average molecular weight is 506 g/mol. The molecule has 3 amide bonds. The monoisotopic (exact) mass is 505 g/mol. The first-order chi connectivity index (χ1) is 16.8. The maximum Gasteiger partial charge on any atom is 0.271 e. The van der Waals surface area contributed by atoms with Crippen molar-refractivity contribution in [2.75, 3.05) is 11.6 Å². The topological polar surface area (TPSA) is 101 Å². The van der Waals surface area contributed by atoms with Gasteiger partial charge in [0.15, 0.2) is 0 Å². The lowest BCUT2D eigenvalue weighted by molar-refractivity contribution is -0.384. The van der Waals surface area contributed by atoms with Crippen LogP contribution in [-0.4, -0.2) is 34.2 Å². The minimum Gasteiger partial charge on any atom is -0.289 e. The van der Waals surface area contributed by atoms with Crippen molar-refractivity contribution in [2.45, 2.75) is 6.92 Å². The van der Waals surface area contributed by atoms with Gasteiger partial charge in [-0.3, -0.25) is 34.3 Å². The Bertz CT molecular complexity index is 1530. The molecule has 1 aliphatic heterocycles. The van der Waals surface area contributed by atoms with Crippen molar-refractivity contribution in [1.82, 2.24) is 4.90 Å². The van der Waals surface area contributed by atoms with Crippen LogP contribution in [0.15, 0.2) is 66.7 Å². The smallest absolute Gasteiger partial charge is 0.271 e. The second kappa shape index (κ2) is 8.61. The summed E-state index contributed by atoms with van der Waals surface area (Å²) in [6.45, 7) is 1.54. The maximum absolute atomic E-state index is 13.8. The summed E-state index contributed by atoms with van der Waals surface area (Å²) in [5.41, 5.74) is 1.80. The Kier molecular flexibility index (Phi) is 5.58. The van der Waals surface area contributed by atoms with Crippen LogP contribution in [0.1, 0.15) is 36.0 Å². The third-order valence-electron chi connectivity index (χ3n) is 5.74. The van der Waals surface area contributed by atoms with Crippen LogP contribution in [0.4, 0.5) is 11.4 Å². The molecule has 174 valence electrons. The molecule has 0 atom stereocenters. The highest BCUT2D eigenvalue weighted by molar-refractivity contribution is 7.21. The second-order valence-corrected chi connectivity index (χ2v) is 9.41. The van der Waals surface area contributed by atoms with Crippen LogP contribution in [0, 0.1) is 17.0 Å². The summed E-state index contributed by atoms with van der Waals surface area (Å²) >= 11 is 7.56. The fourth-order valence-electron chi connectivity index (χ4n) is 4.00. The maximum atomic E-state index is 13.8. The summed E-state index contributed by atoms with van der Waals surface area (Å²) in [5.74, 6) is -1.51. The number of nitro groups is 1. The highest BCUT2D eigenvalue weighted by Gasteiger charge is 2.38. The summed E-state index contributed by atoms with van der Waals surface area (Å²) < 4.78 is 0.484. The molecule has 1 aromatic heterocycles. The van der Waals surface area contributed by atoms with E-state index in [1.54, 1.807) is 42.5 Å². The minimum atomic E-state index is -0.527. The Balaban J connectivity index is 1.58. The molecule has 5 rings (SSSR count). The Morgan fingerprint density at radius 2 is 1.71 bits per heavy atom. The predicted octanol–water partition coefficient (Wildman–Crippen LogP) is 5.67. The molecule has 0 bridgehead atoms. The summed E-state index contributed by atoms with van der Waals surface area (Å²) in [6.07, 6.45) is 0. The third-order valence-corrected chi connectivity index (χ3v) is 7.38.